The molecule has 0 aliphatic carbocycles. The minimum absolute atomic E-state index is 0.0105. The number of aryl methyl sites for hydroxylation is 1. The Labute approximate surface area is 132 Å². The largest absolute Gasteiger partial charge is 0.361 e. The van der Waals surface area contributed by atoms with Crippen LogP contribution >= 0.6 is 0 Å². The van der Waals surface area contributed by atoms with Gasteiger partial charge in [0.2, 0.25) is 5.91 Å². The van der Waals surface area contributed by atoms with Crippen molar-refractivity contribution in [1.29, 1.82) is 0 Å². The summed E-state index contributed by atoms with van der Waals surface area (Å²) in [6.07, 6.45) is 1.80. The lowest BCUT2D eigenvalue weighted by atomic mass is 10.1. The maximum Gasteiger partial charge on any atom is 0.238 e. The number of carbonyl (C=O) groups is 1. The number of anilines is 1. The lowest BCUT2D eigenvalue weighted by Gasteiger charge is -2.22. The number of rotatable bonds is 4. The Morgan fingerprint density at radius 3 is 2.83 bits per heavy atom. The highest BCUT2D eigenvalue weighted by atomic mass is 19.1. The van der Waals surface area contributed by atoms with E-state index < -0.39 is 23.2 Å². The Hall–Kier alpha value is -2.28. The molecule has 1 aromatic heterocycles. The molecule has 1 fully saturated rings. The van der Waals surface area contributed by atoms with Crippen LogP contribution < -0.4 is 5.32 Å². The van der Waals surface area contributed by atoms with Gasteiger partial charge >= 0.3 is 0 Å². The number of halogens is 2. The molecule has 23 heavy (non-hydrogen) atoms. The summed E-state index contributed by atoms with van der Waals surface area (Å²) in [5.41, 5.74) is 0.371. The lowest BCUT2D eigenvalue weighted by Crippen LogP contribution is -2.33. The fraction of sp³-hybridized carbons (Fsp3) is 0.375. The van der Waals surface area contributed by atoms with Crippen molar-refractivity contribution in [1.82, 2.24) is 10.1 Å². The van der Waals surface area contributed by atoms with Crippen LogP contribution in [0, 0.1) is 18.6 Å². The molecule has 0 spiro atoms. The van der Waals surface area contributed by atoms with Crippen LogP contribution in [0.15, 0.2) is 28.8 Å². The van der Waals surface area contributed by atoms with Crippen LogP contribution in [0.4, 0.5) is 14.5 Å². The summed E-state index contributed by atoms with van der Waals surface area (Å²) in [6, 6.07) is 5.30. The van der Waals surface area contributed by atoms with Crippen molar-refractivity contribution < 1.29 is 18.1 Å². The molecule has 7 heteroatoms. The first kappa shape index (κ1) is 15.6. The fourth-order valence-electron chi connectivity index (χ4n) is 2.87. The summed E-state index contributed by atoms with van der Waals surface area (Å²) >= 11 is 0. The number of carbonyl (C=O) groups excluding carboxylic acids is 1. The van der Waals surface area contributed by atoms with Crippen molar-refractivity contribution in [3.8, 4) is 0 Å². The molecule has 1 amide bonds. The van der Waals surface area contributed by atoms with Crippen molar-refractivity contribution in [2.24, 2.45) is 0 Å². The number of aromatic nitrogens is 1. The summed E-state index contributed by atoms with van der Waals surface area (Å²) in [5.74, 6) is -1.32. The van der Waals surface area contributed by atoms with E-state index in [0.29, 0.717) is 5.76 Å². The standard InChI is InChI=1S/C16H17F2N3O2/c1-10-8-13(20-23-10)14-6-3-7-21(14)9-15(22)19-16-11(17)4-2-5-12(16)18/h2,4-5,8,14H,3,6-7,9H2,1H3,(H,19,22)/t14-/m0/s1. The molecule has 5 nitrogen and oxygen atoms in total. The first-order valence-electron chi connectivity index (χ1n) is 7.45. The average molecular weight is 321 g/mol. The summed E-state index contributed by atoms with van der Waals surface area (Å²) in [7, 11) is 0. The topological polar surface area (TPSA) is 58.4 Å². The van der Waals surface area contributed by atoms with Gasteiger partial charge in [0.05, 0.1) is 12.6 Å². The Morgan fingerprint density at radius 1 is 1.43 bits per heavy atom. The Morgan fingerprint density at radius 2 is 2.17 bits per heavy atom. The van der Waals surface area contributed by atoms with E-state index in [-0.39, 0.29) is 12.6 Å². The first-order chi connectivity index (χ1) is 11.0. The number of hydrogen-bond donors (Lipinski definition) is 1. The van der Waals surface area contributed by atoms with Crippen LogP contribution in [0.25, 0.3) is 0 Å². The molecule has 1 atom stereocenters. The number of amides is 1. The fourth-order valence-corrected chi connectivity index (χ4v) is 2.87. The second-order valence-corrected chi connectivity index (χ2v) is 5.64. The van der Waals surface area contributed by atoms with E-state index in [1.807, 2.05) is 17.9 Å². The zero-order chi connectivity index (χ0) is 16.4. The zero-order valence-corrected chi connectivity index (χ0v) is 12.7. The van der Waals surface area contributed by atoms with Crippen LogP contribution in [-0.4, -0.2) is 29.1 Å². The van der Waals surface area contributed by atoms with Crippen molar-refractivity contribution >= 4 is 11.6 Å². The highest BCUT2D eigenvalue weighted by molar-refractivity contribution is 5.92. The Balaban J connectivity index is 1.67. The number of nitrogens with zero attached hydrogens (tertiary/aromatic N) is 2. The summed E-state index contributed by atoms with van der Waals surface area (Å²) in [4.78, 5) is 14.1. The quantitative estimate of drug-likeness (QED) is 0.940. The molecule has 1 aromatic carbocycles. The van der Waals surface area contributed by atoms with E-state index in [1.54, 1.807) is 0 Å². The van der Waals surface area contributed by atoms with Gasteiger partial charge in [0.25, 0.3) is 0 Å². The molecule has 122 valence electrons. The van der Waals surface area contributed by atoms with Gasteiger partial charge in [0, 0.05) is 6.07 Å². The molecule has 2 heterocycles. The van der Waals surface area contributed by atoms with E-state index in [4.69, 9.17) is 4.52 Å². The molecular weight excluding hydrogens is 304 g/mol. The normalized spacial score (nSPS) is 18.3. The smallest absolute Gasteiger partial charge is 0.238 e. The van der Waals surface area contributed by atoms with Crippen LogP contribution in [0.5, 0.6) is 0 Å². The molecule has 2 aromatic rings. The van der Waals surface area contributed by atoms with Gasteiger partial charge in [-0.25, -0.2) is 8.78 Å². The van der Waals surface area contributed by atoms with Gasteiger partial charge in [-0.3, -0.25) is 9.69 Å². The molecule has 3 rings (SSSR count). The van der Waals surface area contributed by atoms with Crippen LogP contribution in [0.3, 0.4) is 0 Å². The highest BCUT2D eigenvalue weighted by Crippen LogP contribution is 2.31. The minimum atomic E-state index is -0.788. The molecular formula is C16H17F2N3O2. The first-order valence-corrected chi connectivity index (χ1v) is 7.45. The van der Waals surface area contributed by atoms with Crippen LogP contribution in [-0.2, 0) is 4.79 Å². The Kier molecular flexibility index (Phi) is 4.38. The molecule has 0 saturated carbocycles. The molecule has 0 unspecified atom stereocenters. The Bertz CT molecular complexity index is 697. The summed E-state index contributed by atoms with van der Waals surface area (Å²) < 4.78 is 32.2. The van der Waals surface area contributed by atoms with Gasteiger partial charge in [-0.2, -0.15) is 0 Å². The third kappa shape index (κ3) is 3.39. The second kappa shape index (κ2) is 6.45. The number of likely N-dealkylation sites (tertiary alicyclic amines) is 1. The van der Waals surface area contributed by atoms with Gasteiger partial charge in [-0.1, -0.05) is 11.2 Å². The minimum Gasteiger partial charge on any atom is -0.361 e. The third-order valence-electron chi connectivity index (χ3n) is 3.93. The van der Waals surface area contributed by atoms with Gasteiger partial charge in [-0.15, -0.1) is 0 Å². The second-order valence-electron chi connectivity index (χ2n) is 5.64. The number of hydrogen-bond acceptors (Lipinski definition) is 4. The maximum absolute atomic E-state index is 13.6. The zero-order valence-electron chi connectivity index (χ0n) is 12.7. The SMILES string of the molecule is Cc1cc([C@@H]2CCCN2CC(=O)Nc2c(F)cccc2F)no1. The highest BCUT2D eigenvalue weighted by Gasteiger charge is 2.30. The molecule has 1 aliphatic rings. The molecule has 1 saturated heterocycles. The molecule has 0 radical (unpaired) electrons. The number of para-hydroxylation sites is 1. The van der Waals surface area contributed by atoms with Crippen LogP contribution in [0.2, 0.25) is 0 Å². The summed E-state index contributed by atoms with van der Waals surface area (Å²) in [6.45, 7) is 2.58. The molecule has 1 aliphatic heterocycles. The summed E-state index contributed by atoms with van der Waals surface area (Å²) in [5, 5.41) is 6.31. The molecule has 1 N–H and O–H groups in total. The van der Waals surface area contributed by atoms with Gasteiger partial charge < -0.3 is 9.84 Å². The van der Waals surface area contributed by atoms with Gasteiger partial charge in [0.15, 0.2) is 0 Å². The van der Waals surface area contributed by atoms with E-state index >= 15 is 0 Å². The van der Waals surface area contributed by atoms with E-state index in [2.05, 4.69) is 10.5 Å². The van der Waals surface area contributed by atoms with E-state index in [0.717, 1.165) is 37.2 Å². The molecule has 0 bridgehead atoms. The number of nitrogens with one attached hydrogen (secondary N) is 1. The number of benzene rings is 1. The van der Waals surface area contributed by atoms with Gasteiger partial charge in [0.1, 0.15) is 28.8 Å². The maximum atomic E-state index is 13.6. The monoisotopic (exact) mass is 321 g/mol. The van der Waals surface area contributed by atoms with E-state index in [1.165, 1.54) is 6.07 Å². The van der Waals surface area contributed by atoms with E-state index in [9.17, 15) is 13.6 Å². The van der Waals surface area contributed by atoms with Crippen molar-refractivity contribution in [2.45, 2.75) is 25.8 Å². The lowest BCUT2D eigenvalue weighted by molar-refractivity contribution is -0.117. The third-order valence-corrected chi connectivity index (χ3v) is 3.93. The van der Waals surface area contributed by atoms with Gasteiger partial charge in [-0.05, 0) is 38.4 Å². The predicted molar refractivity (Wildman–Crippen MR) is 79.8 cm³/mol. The van der Waals surface area contributed by atoms with Crippen molar-refractivity contribution in [2.75, 3.05) is 18.4 Å². The average Bonchev–Trinajstić information content (AvgIpc) is 3.12. The van der Waals surface area contributed by atoms with Crippen molar-refractivity contribution in [3.63, 3.8) is 0 Å². The van der Waals surface area contributed by atoms with Crippen molar-refractivity contribution in [3.05, 3.63) is 47.4 Å². The predicted octanol–water partition coefficient (Wildman–Crippen LogP) is 3.04. The van der Waals surface area contributed by atoms with Crippen LogP contribution in [0.1, 0.15) is 30.3 Å².